The maximum atomic E-state index is 4.87. The largest absolute Gasteiger partial charge is 0.370 e. The van der Waals surface area contributed by atoms with Crippen LogP contribution < -0.4 is 5.32 Å². The van der Waals surface area contributed by atoms with Crippen LogP contribution in [0.1, 0.15) is 48.8 Å². The lowest BCUT2D eigenvalue weighted by Crippen LogP contribution is -2.37. The van der Waals surface area contributed by atoms with Crippen molar-refractivity contribution in [2.75, 3.05) is 11.9 Å². The predicted octanol–water partition coefficient (Wildman–Crippen LogP) is 4.00. The van der Waals surface area contributed by atoms with Gasteiger partial charge < -0.3 is 5.32 Å². The number of rotatable bonds is 4. The average molecular weight is 281 g/mol. The van der Waals surface area contributed by atoms with Gasteiger partial charge in [-0.2, -0.15) is 0 Å². The van der Waals surface area contributed by atoms with E-state index in [0.717, 1.165) is 42.3 Å². The number of hydrogen-bond acceptors (Lipinski definition) is 3. The molecule has 1 heterocycles. The van der Waals surface area contributed by atoms with Crippen molar-refractivity contribution in [2.24, 2.45) is 0 Å². The number of anilines is 1. The molecule has 0 spiro atoms. The third-order valence-electron chi connectivity index (χ3n) is 4.69. The second-order valence-corrected chi connectivity index (χ2v) is 5.94. The van der Waals surface area contributed by atoms with Crippen molar-refractivity contribution in [3.63, 3.8) is 0 Å². The van der Waals surface area contributed by atoms with Crippen molar-refractivity contribution < 1.29 is 0 Å². The van der Waals surface area contributed by atoms with Crippen LogP contribution >= 0.6 is 0 Å². The molecule has 110 valence electrons. The van der Waals surface area contributed by atoms with Crippen molar-refractivity contribution in [3.05, 3.63) is 53.0 Å². The molecule has 1 aromatic heterocycles. The van der Waals surface area contributed by atoms with Gasteiger partial charge in [-0.1, -0.05) is 36.8 Å². The van der Waals surface area contributed by atoms with E-state index in [4.69, 9.17) is 9.97 Å². The van der Waals surface area contributed by atoms with Crippen molar-refractivity contribution in [3.8, 4) is 0 Å². The highest BCUT2D eigenvalue weighted by molar-refractivity contribution is 5.48. The molecule has 2 aromatic rings. The first-order valence-electron chi connectivity index (χ1n) is 7.82. The first-order chi connectivity index (χ1) is 10.2. The highest BCUT2D eigenvalue weighted by Crippen LogP contribution is 2.47. The van der Waals surface area contributed by atoms with E-state index in [0.29, 0.717) is 0 Å². The third-order valence-corrected chi connectivity index (χ3v) is 4.69. The van der Waals surface area contributed by atoms with Crippen LogP contribution in [0.4, 0.5) is 5.82 Å². The molecule has 1 saturated carbocycles. The summed E-state index contributed by atoms with van der Waals surface area (Å²) in [6.45, 7) is 7.16. The summed E-state index contributed by atoms with van der Waals surface area (Å²) in [5, 5.41) is 3.38. The number of nitrogens with zero attached hydrogens (tertiary/aromatic N) is 2. The van der Waals surface area contributed by atoms with Crippen molar-refractivity contribution in [1.82, 2.24) is 9.97 Å². The van der Waals surface area contributed by atoms with Crippen LogP contribution in [-0.4, -0.2) is 16.5 Å². The van der Waals surface area contributed by atoms with Gasteiger partial charge in [0.2, 0.25) is 0 Å². The van der Waals surface area contributed by atoms with Gasteiger partial charge in [-0.05, 0) is 39.2 Å². The predicted molar refractivity (Wildman–Crippen MR) is 86.7 cm³/mol. The molecule has 1 aromatic carbocycles. The third kappa shape index (κ3) is 2.31. The Labute approximate surface area is 126 Å². The average Bonchev–Trinajstić information content (AvgIpc) is 2.44. The maximum Gasteiger partial charge on any atom is 0.141 e. The van der Waals surface area contributed by atoms with Gasteiger partial charge in [0.1, 0.15) is 11.6 Å². The maximum absolute atomic E-state index is 4.87. The molecule has 21 heavy (non-hydrogen) atoms. The zero-order chi connectivity index (χ0) is 14.9. The Balaban J connectivity index is 2.10. The second kappa shape index (κ2) is 5.47. The molecule has 3 rings (SSSR count). The van der Waals surface area contributed by atoms with E-state index in [2.05, 4.69) is 56.4 Å². The van der Waals surface area contributed by atoms with Crippen LogP contribution in [0.15, 0.2) is 30.3 Å². The Bertz CT molecular complexity index is 630. The van der Waals surface area contributed by atoms with Crippen molar-refractivity contribution in [2.45, 2.75) is 45.4 Å². The molecule has 0 atom stereocenters. The lowest BCUT2D eigenvalue weighted by atomic mass is 9.64. The summed E-state index contributed by atoms with van der Waals surface area (Å²) >= 11 is 0. The fourth-order valence-corrected chi connectivity index (χ4v) is 3.11. The van der Waals surface area contributed by atoms with Gasteiger partial charge in [-0.15, -0.1) is 0 Å². The minimum absolute atomic E-state index is 0.0177. The fraction of sp³-hybridized carbons (Fsp3) is 0.444. The number of aryl methyl sites for hydroxylation is 1. The van der Waals surface area contributed by atoms with E-state index in [1.54, 1.807) is 0 Å². The summed E-state index contributed by atoms with van der Waals surface area (Å²) in [4.78, 5) is 9.71. The van der Waals surface area contributed by atoms with E-state index in [9.17, 15) is 0 Å². The quantitative estimate of drug-likeness (QED) is 0.920. The van der Waals surface area contributed by atoms with Crippen LogP contribution in [-0.2, 0) is 5.41 Å². The first kappa shape index (κ1) is 14.1. The molecule has 1 aliphatic carbocycles. The van der Waals surface area contributed by atoms with Gasteiger partial charge in [0, 0.05) is 17.8 Å². The molecule has 0 saturated heterocycles. The van der Waals surface area contributed by atoms with Gasteiger partial charge in [0.25, 0.3) is 0 Å². The summed E-state index contributed by atoms with van der Waals surface area (Å²) in [5.74, 6) is 1.97. The van der Waals surface area contributed by atoms with Gasteiger partial charge in [-0.3, -0.25) is 0 Å². The number of benzene rings is 1. The molecule has 3 nitrogen and oxygen atoms in total. The van der Waals surface area contributed by atoms with E-state index >= 15 is 0 Å². The second-order valence-electron chi connectivity index (χ2n) is 5.94. The smallest absolute Gasteiger partial charge is 0.141 e. The highest BCUT2D eigenvalue weighted by atomic mass is 15.0. The normalized spacial score (nSPS) is 16.3. The Morgan fingerprint density at radius 3 is 2.38 bits per heavy atom. The summed E-state index contributed by atoms with van der Waals surface area (Å²) in [6.07, 6.45) is 3.54. The van der Waals surface area contributed by atoms with Crippen LogP contribution in [0, 0.1) is 13.8 Å². The molecule has 1 fully saturated rings. The lowest BCUT2D eigenvalue weighted by Gasteiger charge is -2.41. The molecule has 0 radical (unpaired) electrons. The number of aromatic nitrogens is 2. The van der Waals surface area contributed by atoms with E-state index in [-0.39, 0.29) is 5.41 Å². The minimum Gasteiger partial charge on any atom is -0.370 e. The first-order valence-corrected chi connectivity index (χ1v) is 7.82. The van der Waals surface area contributed by atoms with Crippen molar-refractivity contribution in [1.29, 1.82) is 0 Å². The van der Waals surface area contributed by atoms with Gasteiger partial charge in [0.05, 0.1) is 5.41 Å². The Morgan fingerprint density at radius 2 is 1.81 bits per heavy atom. The monoisotopic (exact) mass is 281 g/mol. The zero-order valence-electron chi connectivity index (χ0n) is 13.1. The Kier molecular flexibility index (Phi) is 3.66. The summed E-state index contributed by atoms with van der Waals surface area (Å²) in [5.41, 5.74) is 3.60. The number of hydrogen-bond donors (Lipinski definition) is 1. The zero-order valence-corrected chi connectivity index (χ0v) is 13.1. The topological polar surface area (TPSA) is 37.8 Å². The van der Waals surface area contributed by atoms with E-state index in [1.807, 2.05) is 0 Å². The molecule has 1 aliphatic rings. The SMILES string of the molecule is CCNc1nc(C2(c3ccccc3)CCC2)nc(C)c1C. The highest BCUT2D eigenvalue weighted by Gasteiger charge is 2.43. The fourth-order valence-electron chi connectivity index (χ4n) is 3.11. The molecular formula is C18H23N3. The number of nitrogens with one attached hydrogen (secondary N) is 1. The summed E-state index contributed by atoms with van der Waals surface area (Å²) < 4.78 is 0. The summed E-state index contributed by atoms with van der Waals surface area (Å²) in [6, 6.07) is 10.7. The van der Waals surface area contributed by atoms with Gasteiger partial charge in [0.15, 0.2) is 0 Å². The molecule has 0 amide bonds. The summed E-state index contributed by atoms with van der Waals surface area (Å²) in [7, 11) is 0. The van der Waals surface area contributed by atoms with E-state index in [1.165, 1.54) is 12.0 Å². The van der Waals surface area contributed by atoms with Crippen LogP contribution in [0.2, 0.25) is 0 Å². The minimum atomic E-state index is 0.0177. The molecule has 1 N–H and O–H groups in total. The molecular weight excluding hydrogens is 258 g/mol. The van der Waals surface area contributed by atoms with E-state index < -0.39 is 0 Å². The van der Waals surface area contributed by atoms with Crippen molar-refractivity contribution >= 4 is 5.82 Å². The van der Waals surface area contributed by atoms with Crippen LogP contribution in [0.5, 0.6) is 0 Å². The van der Waals surface area contributed by atoms with Crippen LogP contribution in [0.3, 0.4) is 0 Å². The molecule has 0 aliphatic heterocycles. The standard InChI is InChI=1S/C18H23N3/c1-4-19-16-13(2)14(3)20-17(21-16)18(11-8-12-18)15-9-6-5-7-10-15/h5-7,9-10H,4,8,11-12H2,1-3H3,(H,19,20,21). The van der Waals surface area contributed by atoms with Gasteiger partial charge >= 0.3 is 0 Å². The Morgan fingerprint density at radius 1 is 1.10 bits per heavy atom. The van der Waals surface area contributed by atoms with Gasteiger partial charge in [-0.25, -0.2) is 9.97 Å². The molecule has 0 unspecified atom stereocenters. The molecule has 0 bridgehead atoms. The lowest BCUT2D eigenvalue weighted by molar-refractivity contribution is 0.285. The molecule has 3 heteroatoms. The Hall–Kier alpha value is -1.90. The van der Waals surface area contributed by atoms with Crippen LogP contribution in [0.25, 0.3) is 0 Å².